The molecule has 7 nitrogen and oxygen atoms in total. The maximum absolute atomic E-state index is 13.1. The quantitative estimate of drug-likeness (QED) is 0.455. The van der Waals surface area contributed by atoms with Gasteiger partial charge in [0.1, 0.15) is 11.4 Å². The number of amides is 3. The van der Waals surface area contributed by atoms with Crippen LogP contribution < -0.4 is 10.6 Å². The van der Waals surface area contributed by atoms with Crippen LogP contribution in [0.4, 0.5) is 24.5 Å². The van der Waals surface area contributed by atoms with Crippen LogP contribution in [-0.4, -0.2) is 40.3 Å². The van der Waals surface area contributed by atoms with Crippen molar-refractivity contribution in [2.75, 3.05) is 23.7 Å². The summed E-state index contributed by atoms with van der Waals surface area (Å²) in [6.07, 6.45) is -3.20. The maximum atomic E-state index is 13.1. The number of alkyl halides is 3. The lowest BCUT2D eigenvalue weighted by Crippen LogP contribution is -2.38. The number of nitrogens with one attached hydrogen (secondary N) is 2. The van der Waals surface area contributed by atoms with Crippen LogP contribution in [0.15, 0.2) is 54.6 Å². The molecule has 0 atom stereocenters. The third-order valence-electron chi connectivity index (χ3n) is 6.98. The molecule has 0 aliphatic carbocycles. The van der Waals surface area contributed by atoms with Gasteiger partial charge in [0, 0.05) is 31.5 Å². The lowest BCUT2D eigenvalue weighted by atomic mass is 9.89. The summed E-state index contributed by atoms with van der Waals surface area (Å²) >= 11 is 0. The Bertz CT molecular complexity index is 1330. The Morgan fingerprint density at radius 2 is 1.42 bits per heavy atom. The smallest absolute Gasteiger partial charge is 0.337 e. The summed E-state index contributed by atoms with van der Waals surface area (Å²) < 4.78 is 40.1. The Balaban J connectivity index is 1.32. The van der Waals surface area contributed by atoms with Crippen molar-refractivity contribution in [3.8, 4) is 0 Å². The van der Waals surface area contributed by atoms with Gasteiger partial charge in [-0.25, -0.2) is 0 Å². The second kappa shape index (κ2) is 10.7. The van der Waals surface area contributed by atoms with Crippen molar-refractivity contribution >= 4 is 29.1 Å². The van der Waals surface area contributed by atoms with Gasteiger partial charge < -0.3 is 20.1 Å². The molecule has 3 aromatic rings. The van der Waals surface area contributed by atoms with Crippen molar-refractivity contribution in [1.82, 2.24) is 9.47 Å². The molecule has 0 unspecified atom stereocenters. The van der Waals surface area contributed by atoms with E-state index in [-0.39, 0.29) is 11.6 Å². The molecule has 200 valence electrons. The van der Waals surface area contributed by atoms with Gasteiger partial charge in [-0.2, -0.15) is 13.2 Å². The van der Waals surface area contributed by atoms with E-state index in [1.165, 1.54) is 13.1 Å². The van der Waals surface area contributed by atoms with Crippen molar-refractivity contribution in [2.45, 2.75) is 38.8 Å². The SMILES string of the molecule is Cc1cccc(C)c1NC(=O)C(=O)Nc1ccc(C2CCN(C(=O)c3ccc(C(F)(F)F)n3C)CC2)cc1. The van der Waals surface area contributed by atoms with Crippen LogP contribution in [0.1, 0.15) is 51.6 Å². The van der Waals surface area contributed by atoms with Gasteiger partial charge in [0.05, 0.1) is 0 Å². The maximum Gasteiger partial charge on any atom is 0.431 e. The summed E-state index contributed by atoms with van der Waals surface area (Å²) in [5.74, 6) is -1.79. The van der Waals surface area contributed by atoms with Crippen LogP contribution in [0.2, 0.25) is 0 Å². The van der Waals surface area contributed by atoms with Crippen LogP contribution in [0.25, 0.3) is 0 Å². The zero-order valence-corrected chi connectivity index (χ0v) is 21.4. The van der Waals surface area contributed by atoms with Crippen molar-refractivity contribution in [1.29, 1.82) is 0 Å². The highest BCUT2D eigenvalue weighted by Gasteiger charge is 2.36. The second-order valence-electron chi connectivity index (χ2n) is 9.52. The number of halogens is 3. The number of anilines is 2. The van der Waals surface area contributed by atoms with Gasteiger partial charge in [0.15, 0.2) is 0 Å². The number of aryl methyl sites for hydroxylation is 2. The van der Waals surface area contributed by atoms with Crippen molar-refractivity contribution in [3.05, 3.63) is 82.7 Å². The zero-order chi connectivity index (χ0) is 27.6. The van der Waals surface area contributed by atoms with Crippen molar-refractivity contribution in [3.63, 3.8) is 0 Å². The van der Waals surface area contributed by atoms with Crippen LogP contribution in [0.3, 0.4) is 0 Å². The molecule has 1 aromatic heterocycles. The molecular formula is C28H29F3N4O3. The Morgan fingerprint density at radius 1 is 0.842 bits per heavy atom. The van der Waals surface area contributed by atoms with Crippen LogP contribution in [0, 0.1) is 13.8 Å². The standard InChI is InChI=1S/C28H29F3N4O3/c1-17-5-4-6-18(2)24(17)33-26(37)25(36)32-21-9-7-19(8-10-21)20-13-15-35(16-14-20)27(38)22-11-12-23(34(22)3)28(29,30)31/h4-12,20H,13-16H2,1-3H3,(H,32,36)(H,33,37). The normalized spacial score (nSPS) is 14.3. The van der Waals surface area contributed by atoms with E-state index in [1.54, 1.807) is 17.0 Å². The minimum Gasteiger partial charge on any atom is -0.337 e. The largest absolute Gasteiger partial charge is 0.431 e. The summed E-state index contributed by atoms with van der Waals surface area (Å²) in [7, 11) is 1.25. The monoisotopic (exact) mass is 526 g/mol. The first-order valence-electron chi connectivity index (χ1n) is 12.3. The number of para-hydroxylation sites is 1. The predicted octanol–water partition coefficient (Wildman–Crippen LogP) is 5.26. The average molecular weight is 527 g/mol. The molecule has 0 radical (unpaired) electrons. The molecule has 2 aromatic carbocycles. The molecule has 3 amide bonds. The van der Waals surface area contributed by atoms with Gasteiger partial charge >= 0.3 is 18.0 Å². The number of carbonyl (C=O) groups is 3. The van der Waals surface area contributed by atoms with Gasteiger partial charge in [-0.05, 0) is 73.6 Å². The van der Waals surface area contributed by atoms with Crippen molar-refractivity contribution in [2.24, 2.45) is 7.05 Å². The number of hydrogen-bond donors (Lipinski definition) is 2. The summed E-state index contributed by atoms with van der Waals surface area (Å²) in [4.78, 5) is 39.2. The highest BCUT2D eigenvalue weighted by atomic mass is 19.4. The Labute approximate surface area is 218 Å². The molecule has 2 N–H and O–H groups in total. The number of aromatic nitrogens is 1. The van der Waals surface area contributed by atoms with E-state index < -0.39 is 29.6 Å². The van der Waals surface area contributed by atoms with Gasteiger partial charge in [-0.15, -0.1) is 0 Å². The molecular weight excluding hydrogens is 497 g/mol. The number of nitrogens with zero attached hydrogens (tertiary/aromatic N) is 2. The molecule has 2 heterocycles. The summed E-state index contributed by atoms with van der Waals surface area (Å²) in [5.41, 5.74) is 2.99. The zero-order valence-electron chi connectivity index (χ0n) is 21.4. The Morgan fingerprint density at radius 3 is 1.97 bits per heavy atom. The minimum atomic E-state index is -4.52. The summed E-state index contributed by atoms with van der Waals surface area (Å²) in [6, 6.07) is 14.9. The topological polar surface area (TPSA) is 83.4 Å². The Hall–Kier alpha value is -4.08. The summed E-state index contributed by atoms with van der Waals surface area (Å²) in [5, 5.41) is 5.26. The van der Waals surface area contributed by atoms with Crippen LogP contribution in [-0.2, 0) is 22.8 Å². The molecule has 10 heteroatoms. The molecule has 1 fully saturated rings. The van der Waals surface area contributed by atoms with Crippen LogP contribution in [0.5, 0.6) is 0 Å². The number of likely N-dealkylation sites (tertiary alicyclic amines) is 1. The van der Waals surface area contributed by atoms with E-state index in [2.05, 4.69) is 10.6 Å². The first-order valence-corrected chi connectivity index (χ1v) is 12.3. The van der Waals surface area contributed by atoms with Gasteiger partial charge in [-0.1, -0.05) is 30.3 Å². The minimum absolute atomic E-state index is 0.0116. The summed E-state index contributed by atoms with van der Waals surface area (Å²) in [6.45, 7) is 4.55. The average Bonchev–Trinajstić information content (AvgIpc) is 3.28. The van der Waals surface area contributed by atoms with E-state index in [0.29, 0.717) is 37.3 Å². The van der Waals surface area contributed by atoms with E-state index in [4.69, 9.17) is 0 Å². The van der Waals surface area contributed by atoms with Gasteiger partial charge in [-0.3, -0.25) is 14.4 Å². The number of carbonyl (C=O) groups excluding carboxylic acids is 3. The molecule has 0 bridgehead atoms. The molecule has 1 saturated heterocycles. The number of hydrogen-bond acceptors (Lipinski definition) is 3. The highest BCUT2D eigenvalue weighted by molar-refractivity contribution is 6.43. The number of benzene rings is 2. The highest BCUT2D eigenvalue weighted by Crippen LogP contribution is 2.32. The molecule has 0 spiro atoms. The Kier molecular flexibility index (Phi) is 7.61. The fourth-order valence-corrected chi connectivity index (χ4v) is 4.80. The third kappa shape index (κ3) is 5.74. The van der Waals surface area contributed by atoms with Gasteiger partial charge in [0.2, 0.25) is 0 Å². The van der Waals surface area contributed by atoms with E-state index in [9.17, 15) is 27.6 Å². The molecule has 4 rings (SSSR count). The second-order valence-corrected chi connectivity index (χ2v) is 9.52. The van der Waals surface area contributed by atoms with Crippen molar-refractivity contribution < 1.29 is 27.6 Å². The van der Waals surface area contributed by atoms with E-state index >= 15 is 0 Å². The first-order chi connectivity index (χ1) is 18.0. The molecule has 38 heavy (non-hydrogen) atoms. The van der Waals surface area contributed by atoms with Gasteiger partial charge in [0.25, 0.3) is 5.91 Å². The fourth-order valence-electron chi connectivity index (χ4n) is 4.80. The molecule has 0 saturated carbocycles. The number of rotatable bonds is 4. The van der Waals surface area contributed by atoms with E-state index in [1.807, 2.05) is 44.2 Å². The number of piperidine rings is 1. The predicted molar refractivity (Wildman–Crippen MR) is 138 cm³/mol. The van der Waals surface area contributed by atoms with Crippen LogP contribution >= 0.6 is 0 Å². The first kappa shape index (κ1) is 27.0. The molecule has 1 aliphatic rings. The lowest BCUT2D eigenvalue weighted by Gasteiger charge is -2.32. The molecule has 1 aliphatic heterocycles. The third-order valence-corrected chi connectivity index (χ3v) is 6.98. The lowest BCUT2D eigenvalue weighted by molar-refractivity contribution is -0.143. The van der Waals surface area contributed by atoms with E-state index in [0.717, 1.165) is 27.3 Å². The fraction of sp³-hybridized carbons (Fsp3) is 0.321.